The van der Waals surface area contributed by atoms with Gasteiger partial charge in [-0.1, -0.05) is 44.2 Å². The normalized spacial score (nSPS) is 28.5. The molecular formula is C18H27NO3. The summed E-state index contributed by atoms with van der Waals surface area (Å²) in [4.78, 5) is 14.6. The first kappa shape index (κ1) is 17.0. The molecule has 4 nitrogen and oxygen atoms in total. The number of methoxy groups -OCH3 is 1. The molecule has 122 valence electrons. The van der Waals surface area contributed by atoms with Crippen molar-refractivity contribution in [3.63, 3.8) is 0 Å². The second-order valence-corrected chi connectivity index (χ2v) is 6.48. The van der Waals surface area contributed by atoms with Crippen molar-refractivity contribution < 1.29 is 14.3 Å². The van der Waals surface area contributed by atoms with Gasteiger partial charge in [-0.2, -0.15) is 0 Å². The number of rotatable bonds is 5. The van der Waals surface area contributed by atoms with Gasteiger partial charge >= 0.3 is 0 Å². The molecule has 0 aliphatic carbocycles. The molecule has 0 radical (unpaired) electrons. The number of hydrogen-bond donors (Lipinski definition) is 0. The summed E-state index contributed by atoms with van der Waals surface area (Å²) in [5.41, 5.74) is 0.781. The summed E-state index contributed by atoms with van der Waals surface area (Å²) >= 11 is 0. The van der Waals surface area contributed by atoms with Crippen molar-refractivity contribution in [1.82, 2.24) is 4.90 Å². The van der Waals surface area contributed by atoms with E-state index >= 15 is 0 Å². The second-order valence-electron chi connectivity index (χ2n) is 6.48. The van der Waals surface area contributed by atoms with Gasteiger partial charge in [-0.05, 0) is 18.9 Å². The Bertz CT molecular complexity index is 504. The summed E-state index contributed by atoms with van der Waals surface area (Å²) in [6.07, 6.45) is 0.224. The standard InChI is InChI=1S/C18H27NO3/c1-6-18(3,12-21-5)16-17(20)19(4)13(2)15(22-16)14-10-8-7-9-11-14/h7-11,13,15-16H,6,12H2,1-5H3/t13-,15-,16+,18+/m0/s1. The predicted octanol–water partition coefficient (Wildman–Crippen LogP) is 3.04. The number of carbonyl (C=O) groups excluding carboxylic acids is 1. The van der Waals surface area contributed by atoms with Gasteiger partial charge in [0.2, 0.25) is 0 Å². The lowest BCUT2D eigenvalue weighted by molar-refractivity contribution is -0.190. The second kappa shape index (κ2) is 6.80. The lowest BCUT2D eigenvalue weighted by Gasteiger charge is -2.47. The van der Waals surface area contributed by atoms with Gasteiger partial charge in [-0.3, -0.25) is 4.79 Å². The van der Waals surface area contributed by atoms with Crippen LogP contribution in [0.25, 0.3) is 0 Å². The van der Waals surface area contributed by atoms with Crippen LogP contribution in [0.1, 0.15) is 38.9 Å². The Hall–Kier alpha value is -1.39. The molecular weight excluding hydrogens is 278 g/mol. The van der Waals surface area contributed by atoms with Crippen molar-refractivity contribution in [1.29, 1.82) is 0 Å². The van der Waals surface area contributed by atoms with E-state index in [9.17, 15) is 4.79 Å². The summed E-state index contributed by atoms with van der Waals surface area (Å²) in [5, 5.41) is 0. The fraction of sp³-hybridized carbons (Fsp3) is 0.611. The third kappa shape index (κ3) is 3.03. The first-order valence-electron chi connectivity index (χ1n) is 7.90. The molecule has 1 aliphatic heterocycles. The Balaban J connectivity index is 2.34. The molecule has 0 N–H and O–H groups in total. The Kier molecular flexibility index (Phi) is 5.24. The zero-order valence-electron chi connectivity index (χ0n) is 14.2. The minimum absolute atomic E-state index is 0.00908. The van der Waals surface area contributed by atoms with Gasteiger partial charge in [0.15, 0.2) is 0 Å². The first-order valence-corrected chi connectivity index (χ1v) is 7.90. The van der Waals surface area contributed by atoms with Crippen molar-refractivity contribution in [2.45, 2.75) is 45.4 Å². The van der Waals surface area contributed by atoms with E-state index in [1.165, 1.54) is 0 Å². The van der Waals surface area contributed by atoms with Crippen molar-refractivity contribution in [2.24, 2.45) is 5.41 Å². The Morgan fingerprint density at radius 3 is 2.50 bits per heavy atom. The minimum atomic E-state index is -0.483. The fourth-order valence-electron chi connectivity index (χ4n) is 3.06. The molecule has 2 rings (SSSR count). The van der Waals surface area contributed by atoms with Crippen LogP contribution in [0.5, 0.6) is 0 Å². The molecule has 1 amide bonds. The van der Waals surface area contributed by atoms with Gasteiger partial charge in [-0.15, -0.1) is 0 Å². The molecule has 1 aromatic carbocycles. The van der Waals surface area contributed by atoms with E-state index in [-0.39, 0.29) is 23.5 Å². The summed E-state index contributed by atoms with van der Waals surface area (Å²) in [7, 11) is 3.53. The van der Waals surface area contributed by atoms with Crippen LogP contribution in [0.4, 0.5) is 0 Å². The molecule has 0 unspecified atom stereocenters. The van der Waals surface area contributed by atoms with Crippen molar-refractivity contribution in [3.05, 3.63) is 35.9 Å². The topological polar surface area (TPSA) is 38.8 Å². The smallest absolute Gasteiger partial charge is 0.252 e. The van der Waals surface area contributed by atoms with Crippen LogP contribution >= 0.6 is 0 Å². The average molecular weight is 305 g/mol. The number of carbonyl (C=O) groups is 1. The zero-order chi connectivity index (χ0) is 16.3. The molecule has 0 aromatic heterocycles. The molecule has 0 spiro atoms. The van der Waals surface area contributed by atoms with E-state index in [1.807, 2.05) is 37.1 Å². The van der Waals surface area contributed by atoms with Crippen LogP contribution in [0.15, 0.2) is 30.3 Å². The zero-order valence-corrected chi connectivity index (χ0v) is 14.2. The first-order chi connectivity index (χ1) is 10.4. The van der Waals surface area contributed by atoms with Crippen LogP contribution in [0.2, 0.25) is 0 Å². The highest BCUT2D eigenvalue weighted by molar-refractivity contribution is 5.82. The number of morpholine rings is 1. The Labute approximate surface area is 133 Å². The summed E-state index contributed by atoms with van der Waals surface area (Å²) < 4.78 is 11.7. The molecule has 1 saturated heterocycles. The lowest BCUT2D eigenvalue weighted by Crippen LogP contribution is -2.58. The van der Waals surface area contributed by atoms with Gasteiger partial charge in [-0.25, -0.2) is 0 Å². The van der Waals surface area contributed by atoms with E-state index in [4.69, 9.17) is 9.47 Å². The maximum atomic E-state index is 12.7. The summed E-state index contributed by atoms with van der Waals surface area (Å²) in [5.74, 6) is 0.0427. The van der Waals surface area contributed by atoms with E-state index in [0.29, 0.717) is 6.61 Å². The molecule has 1 heterocycles. The predicted molar refractivity (Wildman–Crippen MR) is 86.6 cm³/mol. The highest BCUT2D eigenvalue weighted by Crippen LogP contribution is 2.39. The monoisotopic (exact) mass is 305 g/mol. The highest BCUT2D eigenvalue weighted by Gasteiger charge is 2.47. The number of amides is 1. The molecule has 1 aromatic rings. The number of likely N-dealkylation sites (N-methyl/N-ethyl adjacent to an activating group) is 1. The van der Waals surface area contributed by atoms with E-state index < -0.39 is 6.10 Å². The highest BCUT2D eigenvalue weighted by atomic mass is 16.5. The van der Waals surface area contributed by atoms with Gasteiger partial charge in [0.25, 0.3) is 5.91 Å². The maximum absolute atomic E-state index is 12.7. The number of hydrogen-bond acceptors (Lipinski definition) is 3. The average Bonchev–Trinajstić information content (AvgIpc) is 2.54. The Morgan fingerprint density at radius 1 is 1.32 bits per heavy atom. The van der Waals surface area contributed by atoms with E-state index in [2.05, 4.69) is 26.0 Å². The van der Waals surface area contributed by atoms with E-state index in [1.54, 1.807) is 7.11 Å². The third-order valence-electron chi connectivity index (χ3n) is 4.95. The molecule has 4 heteroatoms. The Morgan fingerprint density at radius 2 is 1.95 bits per heavy atom. The van der Waals surface area contributed by atoms with Crippen molar-refractivity contribution in [3.8, 4) is 0 Å². The molecule has 4 atom stereocenters. The molecule has 0 saturated carbocycles. The van der Waals surface area contributed by atoms with Gasteiger partial charge in [0.1, 0.15) is 12.2 Å². The molecule has 1 fully saturated rings. The van der Waals surface area contributed by atoms with Gasteiger partial charge < -0.3 is 14.4 Å². The van der Waals surface area contributed by atoms with Crippen LogP contribution in [-0.4, -0.2) is 43.7 Å². The fourth-order valence-corrected chi connectivity index (χ4v) is 3.06. The minimum Gasteiger partial charge on any atom is -0.384 e. The molecule has 1 aliphatic rings. The third-order valence-corrected chi connectivity index (χ3v) is 4.95. The van der Waals surface area contributed by atoms with Crippen molar-refractivity contribution in [2.75, 3.05) is 20.8 Å². The largest absolute Gasteiger partial charge is 0.384 e. The van der Waals surface area contributed by atoms with Crippen LogP contribution in [0.3, 0.4) is 0 Å². The SMILES string of the molecule is CC[C@](C)(COC)[C@@H]1O[C@H](c2ccccc2)[C@H](C)N(C)C1=O. The van der Waals surface area contributed by atoms with Crippen LogP contribution in [0, 0.1) is 5.41 Å². The van der Waals surface area contributed by atoms with Gasteiger partial charge in [0, 0.05) is 19.6 Å². The summed E-state index contributed by atoms with van der Waals surface area (Å²) in [6, 6.07) is 10.1. The lowest BCUT2D eigenvalue weighted by atomic mass is 9.80. The number of ether oxygens (including phenoxy) is 2. The number of benzene rings is 1. The number of nitrogens with zero attached hydrogens (tertiary/aromatic N) is 1. The van der Waals surface area contributed by atoms with Crippen LogP contribution < -0.4 is 0 Å². The van der Waals surface area contributed by atoms with Gasteiger partial charge in [0.05, 0.1) is 12.6 Å². The molecule has 22 heavy (non-hydrogen) atoms. The quantitative estimate of drug-likeness (QED) is 0.839. The maximum Gasteiger partial charge on any atom is 0.252 e. The molecule has 0 bridgehead atoms. The summed E-state index contributed by atoms with van der Waals surface area (Å²) in [6.45, 7) is 6.67. The van der Waals surface area contributed by atoms with Crippen LogP contribution in [-0.2, 0) is 14.3 Å². The van der Waals surface area contributed by atoms with Crippen molar-refractivity contribution >= 4 is 5.91 Å². The van der Waals surface area contributed by atoms with E-state index in [0.717, 1.165) is 12.0 Å².